The van der Waals surface area contributed by atoms with E-state index in [1.54, 1.807) is 0 Å². The second-order valence-corrected chi connectivity index (χ2v) is 22.8. The van der Waals surface area contributed by atoms with Gasteiger partial charge in [0.25, 0.3) is 0 Å². The van der Waals surface area contributed by atoms with Gasteiger partial charge in [0, 0.05) is 13.0 Å². The third kappa shape index (κ3) is 56.0. The third-order valence-electron chi connectivity index (χ3n) is 13.3. The van der Waals surface area contributed by atoms with Crippen LogP contribution in [0.1, 0.15) is 296 Å². The molecule has 2 atom stereocenters. The van der Waals surface area contributed by atoms with Crippen molar-refractivity contribution in [1.82, 2.24) is 0 Å². The predicted octanol–water partition coefficient (Wildman–Crippen LogP) is 18.5. The molecule has 0 amide bonds. The van der Waals surface area contributed by atoms with Crippen molar-refractivity contribution >= 4 is 13.8 Å². The van der Waals surface area contributed by atoms with Crippen molar-refractivity contribution in [3.05, 3.63) is 12.2 Å². The highest BCUT2D eigenvalue weighted by Crippen LogP contribution is 2.43. The first-order valence-electron chi connectivity index (χ1n) is 29.4. The molecule has 0 spiro atoms. The lowest BCUT2D eigenvalue weighted by molar-refractivity contribution is -0.870. The van der Waals surface area contributed by atoms with Crippen molar-refractivity contribution in [3.63, 3.8) is 0 Å². The average molecular weight is 972 g/mol. The minimum absolute atomic E-state index is 0.0923. The van der Waals surface area contributed by atoms with E-state index in [0.29, 0.717) is 24.1 Å². The molecular formula is C58H117NO7P+. The number of quaternary nitrogens is 1. The van der Waals surface area contributed by atoms with Crippen LogP contribution in [-0.2, 0) is 27.9 Å². The molecule has 0 radical (unpaired) electrons. The fraction of sp³-hybridized carbons (Fsp3) is 0.948. The molecule has 0 fully saturated rings. The molecule has 0 aromatic carbocycles. The van der Waals surface area contributed by atoms with Crippen LogP contribution in [-0.4, -0.2) is 75.6 Å². The van der Waals surface area contributed by atoms with Crippen molar-refractivity contribution in [2.24, 2.45) is 0 Å². The van der Waals surface area contributed by atoms with Gasteiger partial charge in [0.15, 0.2) is 0 Å². The minimum atomic E-state index is -4.28. The Bertz CT molecular complexity index is 1080. The van der Waals surface area contributed by atoms with E-state index in [0.717, 1.165) is 32.1 Å². The van der Waals surface area contributed by atoms with Crippen LogP contribution in [0.4, 0.5) is 0 Å². The van der Waals surface area contributed by atoms with Gasteiger partial charge in [0.1, 0.15) is 19.3 Å². The number of phosphoric acid groups is 1. The standard InChI is InChI=1S/C58H116NO7P/c1-6-8-10-12-14-16-18-20-22-24-26-28-29-30-31-32-33-35-37-39-41-43-45-47-49-51-58(60)66-57(56-65-67(61,62)64-54-52-59(3,4)5)55-63-53-50-48-46-44-42-40-38-36-34-27-25-23-21-19-17-15-13-11-9-7-2/h21,23,57H,6-20,22,24-56H2,1-5H3/p+1/b23-21-. The summed E-state index contributed by atoms with van der Waals surface area (Å²) in [7, 11) is 1.69. The number of hydrogen-bond acceptors (Lipinski definition) is 6. The number of likely N-dealkylation sites (N-methyl/N-ethyl adjacent to an activating group) is 1. The average Bonchev–Trinajstić information content (AvgIpc) is 3.29. The van der Waals surface area contributed by atoms with Gasteiger partial charge in [-0.3, -0.25) is 13.8 Å². The fourth-order valence-corrected chi connectivity index (χ4v) is 9.53. The maximum atomic E-state index is 12.8. The second-order valence-electron chi connectivity index (χ2n) is 21.4. The van der Waals surface area contributed by atoms with E-state index in [-0.39, 0.29) is 25.8 Å². The summed E-state index contributed by atoms with van der Waals surface area (Å²) in [5, 5.41) is 0. The van der Waals surface area contributed by atoms with Gasteiger partial charge in [-0.2, -0.15) is 0 Å². The Morgan fingerprint density at radius 2 is 0.776 bits per heavy atom. The maximum absolute atomic E-state index is 12.8. The molecule has 0 aliphatic carbocycles. The summed E-state index contributed by atoms with van der Waals surface area (Å²) in [5.41, 5.74) is 0. The zero-order valence-electron chi connectivity index (χ0n) is 45.7. The normalized spacial score (nSPS) is 13.5. The highest BCUT2D eigenvalue weighted by atomic mass is 31.2. The summed E-state index contributed by atoms with van der Waals surface area (Å²) in [5.74, 6) is -0.305. The van der Waals surface area contributed by atoms with Gasteiger partial charge in [-0.1, -0.05) is 264 Å². The summed E-state index contributed by atoms with van der Waals surface area (Å²) >= 11 is 0. The molecule has 2 unspecified atom stereocenters. The monoisotopic (exact) mass is 971 g/mol. The van der Waals surface area contributed by atoms with Crippen molar-refractivity contribution in [2.45, 2.75) is 302 Å². The number of hydrogen-bond donors (Lipinski definition) is 1. The summed E-state index contributed by atoms with van der Waals surface area (Å²) in [6, 6.07) is 0. The molecule has 0 bridgehead atoms. The Labute approximate surface area is 418 Å². The van der Waals surface area contributed by atoms with Crippen molar-refractivity contribution in [2.75, 3.05) is 54.1 Å². The smallest absolute Gasteiger partial charge is 0.457 e. The van der Waals surface area contributed by atoms with Crippen LogP contribution in [0.15, 0.2) is 12.2 Å². The van der Waals surface area contributed by atoms with E-state index in [4.69, 9.17) is 18.5 Å². The first-order chi connectivity index (χ1) is 32.6. The van der Waals surface area contributed by atoms with Gasteiger partial charge in [-0.25, -0.2) is 4.57 Å². The molecule has 0 aromatic heterocycles. The lowest BCUT2D eigenvalue weighted by Gasteiger charge is -2.24. The summed E-state index contributed by atoms with van der Waals surface area (Å²) in [6.07, 6.45) is 61.4. The minimum Gasteiger partial charge on any atom is -0.457 e. The Kier molecular flexibility index (Phi) is 51.0. The molecule has 0 aliphatic rings. The molecule has 0 saturated heterocycles. The molecule has 8 nitrogen and oxygen atoms in total. The van der Waals surface area contributed by atoms with Gasteiger partial charge in [0.05, 0.1) is 34.4 Å². The van der Waals surface area contributed by atoms with E-state index < -0.39 is 13.9 Å². The summed E-state index contributed by atoms with van der Waals surface area (Å²) < 4.78 is 35.3. The van der Waals surface area contributed by atoms with E-state index >= 15 is 0 Å². The molecular weight excluding hydrogens is 854 g/mol. The molecule has 400 valence electrons. The first-order valence-corrected chi connectivity index (χ1v) is 30.9. The van der Waals surface area contributed by atoms with Crippen LogP contribution in [0, 0.1) is 0 Å². The van der Waals surface area contributed by atoms with Crippen LogP contribution in [0.5, 0.6) is 0 Å². The lowest BCUT2D eigenvalue weighted by Crippen LogP contribution is -2.37. The molecule has 1 N–H and O–H groups in total. The van der Waals surface area contributed by atoms with E-state index in [9.17, 15) is 14.3 Å². The highest BCUT2D eigenvalue weighted by Gasteiger charge is 2.26. The van der Waals surface area contributed by atoms with Crippen LogP contribution >= 0.6 is 7.82 Å². The number of ether oxygens (including phenoxy) is 2. The van der Waals surface area contributed by atoms with Crippen LogP contribution in [0.25, 0.3) is 0 Å². The highest BCUT2D eigenvalue weighted by molar-refractivity contribution is 7.47. The van der Waals surface area contributed by atoms with E-state index in [2.05, 4.69) is 26.0 Å². The predicted molar refractivity (Wildman–Crippen MR) is 289 cm³/mol. The molecule has 0 heterocycles. The number of unbranched alkanes of at least 4 members (excludes halogenated alkanes) is 40. The van der Waals surface area contributed by atoms with E-state index in [1.165, 1.54) is 244 Å². The number of phosphoric ester groups is 1. The molecule has 0 saturated carbocycles. The number of nitrogens with zero attached hydrogens (tertiary/aromatic N) is 1. The quantitative estimate of drug-likeness (QED) is 0.0213. The molecule has 9 heteroatoms. The summed E-state index contributed by atoms with van der Waals surface area (Å²) in [6.45, 7) is 5.70. The van der Waals surface area contributed by atoms with Gasteiger partial charge in [-0.05, 0) is 38.5 Å². The van der Waals surface area contributed by atoms with Crippen molar-refractivity contribution in [3.8, 4) is 0 Å². The van der Waals surface area contributed by atoms with Gasteiger partial charge in [-0.15, -0.1) is 0 Å². The van der Waals surface area contributed by atoms with Crippen LogP contribution in [0.3, 0.4) is 0 Å². The molecule has 0 aliphatic heterocycles. The molecule has 0 aromatic rings. The largest absolute Gasteiger partial charge is 0.472 e. The van der Waals surface area contributed by atoms with Gasteiger partial charge in [0.2, 0.25) is 0 Å². The Balaban J connectivity index is 4.01. The third-order valence-corrected chi connectivity index (χ3v) is 14.3. The van der Waals surface area contributed by atoms with Crippen LogP contribution < -0.4 is 0 Å². The lowest BCUT2D eigenvalue weighted by atomic mass is 10.0. The topological polar surface area (TPSA) is 91.3 Å². The number of rotatable bonds is 56. The number of allylic oxidation sites excluding steroid dienone is 2. The zero-order chi connectivity index (χ0) is 49.0. The number of esters is 1. The van der Waals surface area contributed by atoms with E-state index in [1.807, 2.05) is 21.1 Å². The summed E-state index contributed by atoms with van der Waals surface area (Å²) in [4.78, 5) is 23.1. The first kappa shape index (κ1) is 66.2. The molecule has 67 heavy (non-hydrogen) atoms. The van der Waals surface area contributed by atoms with Crippen molar-refractivity contribution in [1.29, 1.82) is 0 Å². The zero-order valence-corrected chi connectivity index (χ0v) is 46.6. The Morgan fingerprint density at radius 3 is 1.13 bits per heavy atom. The Hall–Kier alpha value is -0.760. The SMILES string of the molecule is CCCCCCCC/C=C\CCCCCCCCCCCCOCC(COP(=O)(O)OCC[N+](C)(C)C)OC(=O)CCCCCCCCCCCCCCCCCCCCCCCCCCC. The number of carbonyl (C=O) groups is 1. The second kappa shape index (κ2) is 51.6. The van der Waals surface area contributed by atoms with Gasteiger partial charge >= 0.3 is 13.8 Å². The fourth-order valence-electron chi connectivity index (χ4n) is 8.79. The molecule has 0 rings (SSSR count). The number of carbonyl (C=O) groups excluding carboxylic acids is 1. The van der Waals surface area contributed by atoms with Gasteiger partial charge < -0.3 is 18.9 Å². The Morgan fingerprint density at radius 1 is 0.448 bits per heavy atom. The van der Waals surface area contributed by atoms with Crippen molar-refractivity contribution < 1.29 is 37.3 Å². The van der Waals surface area contributed by atoms with Crippen LogP contribution in [0.2, 0.25) is 0 Å². The maximum Gasteiger partial charge on any atom is 0.472 e.